The fourth-order valence-corrected chi connectivity index (χ4v) is 7.69. The summed E-state index contributed by atoms with van der Waals surface area (Å²) in [6.07, 6.45) is -0.404. The maximum Gasteiger partial charge on any atom is 0.186 e. The Morgan fingerprint density at radius 1 is 1.11 bits per heavy atom. The molecule has 3 fully saturated rings. The van der Waals surface area contributed by atoms with Gasteiger partial charge in [-0.2, -0.15) is 0 Å². The highest BCUT2D eigenvalue weighted by Gasteiger charge is 2.56. The number of methoxy groups -OCH3 is 2. The lowest BCUT2D eigenvalue weighted by Gasteiger charge is -2.28. The third-order valence-electron chi connectivity index (χ3n) is 5.74. The van der Waals surface area contributed by atoms with Crippen LogP contribution in [0.5, 0.6) is 0 Å². The van der Waals surface area contributed by atoms with Crippen LogP contribution >= 0.6 is 7.14 Å². The average Bonchev–Trinajstić information content (AvgIpc) is 3.29. The quantitative estimate of drug-likeness (QED) is 0.664. The first-order valence-electron chi connectivity index (χ1n) is 9.70. The summed E-state index contributed by atoms with van der Waals surface area (Å²) in [5, 5.41) is 0.834. The summed E-state index contributed by atoms with van der Waals surface area (Å²) in [6, 6.07) is 9.56. The predicted octanol–water partition coefficient (Wildman–Crippen LogP) is 2.33. The van der Waals surface area contributed by atoms with E-state index in [1.165, 1.54) is 0 Å². The maximum absolute atomic E-state index is 13.8. The van der Waals surface area contributed by atoms with Gasteiger partial charge in [0.2, 0.25) is 0 Å². The van der Waals surface area contributed by atoms with Gasteiger partial charge >= 0.3 is 0 Å². The van der Waals surface area contributed by atoms with Crippen LogP contribution < -0.4 is 5.30 Å². The highest BCUT2D eigenvalue weighted by molar-refractivity contribution is 7.72. The van der Waals surface area contributed by atoms with Gasteiger partial charge in [-0.3, -0.25) is 0 Å². The van der Waals surface area contributed by atoms with Crippen LogP contribution in [-0.2, 0) is 33.0 Å². The minimum absolute atomic E-state index is 0.210. The largest absolute Gasteiger partial charge is 0.378 e. The summed E-state index contributed by atoms with van der Waals surface area (Å²) >= 11 is 0. The van der Waals surface area contributed by atoms with Crippen molar-refractivity contribution in [2.75, 3.05) is 27.0 Å². The molecule has 0 saturated carbocycles. The van der Waals surface area contributed by atoms with Gasteiger partial charge in [-0.25, -0.2) is 0 Å². The van der Waals surface area contributed by atoms with E-state index in [-0.39, 0.29) is 31.0 Å². The molecule has 0 aliphatic carbocycles. The molecule has 8 heteroatoms. The molecule has 3 saturated heterocycles. The zero-order valence-electron chi connectivity index (χ0n) is 16.8. The van der Waals surface area contributed by atoms with Gasteiger partial charge in [0, 0.05) is 25.7 Å². The summed E-state index contributed by atoms with van der Waals surface area (Å²) in [6.45, 7) is 3.98. The molecule has 156 valence electrons. The zero-order valence-corrected chi connectivity index (χ0v) is 17.7. The lowest BCUT2D eigenvalue weighted by molar-refractivity contribution is -0.233. The Balaban J connectivity index is 1.50. The van der Waals surface area contributed by atoms with Crippen LogP contribution in [0, 0.1) is 0 Å². The van der Waals surface area contributed by atoms with Crippen LogP contribution in [0.2, 0.25) is 0 Å². The second-order valence-electron chi connectivity index (χ2n) is 7.98. The van der Waals surface area contributed by atoms with Crippen molar-refractivity contribution < 1.29 is 33.0 Å². The Morgan fingerprint density at radius 3 is 2.50 bits per heavy atom. The molecule has 28 heavy (non-hydrogen) atoms. The van der Waals surface area contributed by atoms with Gasteiger partial charge < -0.3 is 33.0 Å². The van der Waals surface area contributed by atoms with Crippen LogP contribution in [0.25, 0.3) is 0 Å². The Labute approximate surface area is 165 Å². The first-order valence-corrected chi connectivity index (χ1v) is 11.7. The molecule has 3 aliphatic heterocycles. The van der Waals surface area contributed by atoms with Crippen molar-refractivity contribution in [2.45, 2.75) is 62.6 Å². The van der Waals surface area contributed by atoms with E-state index in [1.807, 2.05) is 44.2 Å². The number of rotatable bonds is 6. The van der Waals surface area contributed by atoms with Gasteiger partial charge in [0.1, 0.15) is 31.3 Å². The first-order chi connectivity index (χ1) is 13.4. The number of benzene rings is 1. The predicted molar refractivity (Wildman–Crippen MR) is 103 cm³/mol. The van der Waals surface area contributed by atoms with Crippen LogP contribution in [0.1, 0.15) is 20.3 Å². The van der Waals surface area contributed by atoms with Crippen LogP contribution in [0.4, 0.5) is 0 Å². The fourth-order valence-electron chi connectivity index (χ4n) is 4.44. The minimum atomic E-state index is -2.74. The number of hydrogen-bond donors (Lipinski definition) is 0. The van der Waals surface area contributed by atoms with Crippen LogP contribution in [0.15, 0.2) is 30.3 Å². The van der Waals surface area contributed by atoms with Crippen molar-refractivity contribution in [1.29, 1.82) is 0 Å². The fraction of sp³-hybridized carbons (Fsp3) is 0.700. The summed E-state index contributed by atoms with van der Waals surface area (Å²) < 4.78 is 49.0. The van der Waals surface area contributed by atoms with E-state index >= 15 is 0 Å². The summed E-state index contributed by atoms with van der Waals surface area (Å²) in [5.41, 5.74) is 0. The topological polar surface area (TPSA) is 72.5 Å². The molecule has 1 aromatic rings. The SMILES string of the molecule is COC1O[C@H](CO[C@@H]2[C@@H](OC)CCP2(=O)c2ccccc2)[C@H]2OC(C)(C)O[C@@H]12. The van der Waals surface area contributed by atoms with Crippen molar-refractivity contribution in [1.82, 2.24) is 0 Å². The molecule has 0 bridgehead atoms. The minimum Gasteiger partial charge on any atom is -0.378 e. The highest BCUT2D eigenvalue weighted by atomic mass is 31.2. The van der Waals surface area contributed by atoms with Gasteiger partial charge in [0.15, 0.2) is 12.1 Å². The van der Waals surface area contributed by atoms with E-state index in [1.54, 1.807) is 14.2 Å². The second kappa shape index (κ2) is 7.80. The van der Waals surface area contributed by atoms with Gasteiger partial charge in [0.25, 0.3) is 0 Å². The molecule has 4 rings (SSSR count). The van der Waals surface area contributed by atoms with Gasteiger partial charge in [0.05, 0.1) is 12.7 Å². The van der Waals surface area contributed by atoms with Crippen LogP contribution in [-0.4, -0.2) is 69.3 Å². The normalized spacial score (nSPS) is 42.0. The molecule has 0 spiro atoms. The zero-order chi connectivity index (χ0) is 19.9. The van der Waals surface area contributed by atoms with Crippen molar-refractivity contribution in [2.24, 2.45) is 0 Å². The smallest absolute Gasteiger partial charge is 0.186 e. The first kappa shape index (κ1) is 20.5. The lowest BCUT2D eigenvalue weighted by Crippen LogP contribution is -2.36. The van der Waals surface area contributed by atoms with E-state index in [9.17, 15) is 4.57 Å². The third kappa shape index (κ3) is 3.58. The Bertz CT molecular complexity index is 725. The average molecular weight is 412 g/mol. The van der Waals surface area contributed by atoms with Crippen molar-refractivity contribution >= 4 is 12.4 Å². The number of fused-ring (bicyclic) bond motifs is 1. The summed E-state index contributed by atoms with van der Waals surface area (Å²) in [4.78, 5) is 0. The molecule has 3 heterocycles. The van der Waals surface area contributed by atoms with Crippen molar-refractivity contribution in [3.05, 3.63) is 30.3 Å². The molecule has 2 unspecified atom stereocenters. The summed E-state index contributed by atoms with van der Waals surface area (Å²) in [7, 11) is 0.481. The van der Waals surface area contributed by atoms with Gasteiger partial charge in [-0.05, 0) is 20.3 Å². The van der Waals surface area contributed by atoms with E-state index in [0.717, 1.165) is 5.30 Å². The molecule has 3 aliphatic rings. The van der Waals surface area contributed by atoms with Gasteiger partial charge in [-0.15, -0.1) is 0 Å². The Morgan fingerprint density at radius 2 is 1.82 bits per heavy atom. The van der Waals surface area contributed by atoms with Crippen molar-refractivity contribution in [3.63, 3.8) is 0 Å². The number of hydrogen-bond acceptors (Lipinski definition) is 7. The molecular weight excluding hydrogens is 383 g/mol. The summed E-state index contributed by atoms with van der Waals surface area (Å²) in [5.74, 6) is -1.20. The lowest BCUT2D eigenvalue weighted by atomic mass is 10.1. The molecule has 0 aromatic heterocycles. The van der Waals surface area contributed by atoms with Crippen LogP contribution in [0.3, 0.4) is 0 Å². The van der Waals surface area contributed by atoms with E-state index < -0.39 is 25.1 Å². The molecule has 0 amide bonds. The highest BCUT2D eigenvalue weighted by Crippen LogP contribution is 2.58. The molecular formula is C20H29O7P. The van der Waals surface area contributed by atoms with E-state index in [4.69, 9.17) is 28.4 Å². The molecule has 1 aromatic carbocycles. The van der Waals surface area contributed by atoms with E-state index in [0.29, 0.717) is 12.6 Å². The standard InChI is InChI=1S/C20H29O7P/c1-20(2)26-16-15(25-18(23-4)17(16)27-20)12-24-19-14(22-3)10-11-28(19,21)13-8-6-5-7-9-13/h5-9,14-19H,10-12H2,1-4H3/t14-,15+,16+,17+,18?,19-,28?/m0/s1. The van der Waals surface area contributed by atoms with E-state index in [2.05, 4.69) is 0 Å². The molecule has 7 atom stereocenters. The Hall–Kier alpha value is -0.790. The Kier molecular flexibility index (Phi) is 5.71. The molecule has 0 N–H and O–H groups in total. The van der Waals surface area contributed by atoms with Crippen molar-refractivity contribution in [3.8, 4) is 0 Å². The number of ether oxygens (including phenoxy) is 6. The molecule has 7 nitrogen and oxygen atoms in total. The monoisotopic (exact) mass is 412 g/mol. The third-order valence-corrected chi connectivity index (χ3v) is 9.14. The molecule has 0 radical (unpaired) electrons. The maximum atomic E-state index is 13.8. The van der Waals surface area contributed by atoms with Gasteiger partial charge in [-0.1, -0.05) is 30.3 Å². The second-order valence-corrected chi connectivity index (χ2v) is 11.0.